The lowest BCUT2D eigenvalue weighted by molar-refractivity contribution is 1.18. The zero-order valence-corrected chi connectivity index (χ0v) is 25.5. The van der Waals surface area contributed by atoms with Crippen LogP contribution in [0.1, 0.15) is 0 Å². The van der Waals surface area contributed by atoms with E-state index in [0.29, 0.717) is 0 Å². The van der Waals surface area contributed by atoms with Crippen molar-refractivity contribution in [2.24, 2.45) is 0 Å². The average molecular weight is 595 g/mol. The molecular formula is C42H30N2S. The van der Waals surface area contributed by atoms with Gasteiger partial charge in [-0.15, -0.1) is 12.6 Å². The highest BCUT2D eigenvalue weighted by molar-refractivity contribution is 7.80. The number of hydrogen-bond acceptors (Lipinski definition) is 2. The molecule has 8 aromatic rings. The number of benzene rings is 7. The fourth-order valence-corrected chi connectivity index (χ4v) is 6.66. The second kappa shape index (κ2) is 11.5. The van der Waals surface area contributed by atoms with Crippen molar-refractivity contribution in [3.8, 4) is 27.9 Å². The van der Waals surface area contributed by atoms with Crippen LogP contribution in [0.5, 0.6) is 0 Å². The molecule has 0 spiro atoms. The molecule has 214 valence electrons. The molecule has 8 rings (SSSR count). The van der Waals surface area contributed by atoms with E-state index in [2.05, 4.69) is 185 Å². The maximum absolute atomic E-state index is 4.79. The Labute approximate surface area is 268 Å². The summed E-state index contributed by atoms with van der Waals surface area (Å²) in [7, 11) is 0. The van der Waals surface area contributed by atoms with Gasteiger partial charge < -0.3 is 9.47 Å². The molecule has 0 bridgehead atoms. The van der Waals surface area contributed by atoms with Crippen LogP contribution in [0.3, 0.4) is 0 Å². The van der Waals surface area contributed by atoms with E-state index in [0.717, 1.165) is 27.6 Å². The van der Waals surface area contributed by atoms with E-state index in [1.807, 2.05) is 0 Å². The third-order valence-electron chi connectivity index (χ3n) is 8.51. The lowest BCUT2D eigenvalue weighted by atomic mass is 10.0. The van der Waals surface area contributed by atoms with Crippen molar-refractivity contribution in [1.29, 1.82) is 0 Å². The first-order valence-corrected chi connectivity index (χ1v) is 15.6. The SMILES string of the molecule is Sc1cccc2c1c1ccccc1n2-c1ccc(-c2ccc(N(c3ccccc3)c3ccc(-c4ccccc4)cc3)cc2)cc1. The lowest BCUT2D eigenvalue weighted by Crippen LogP contribution is -2.09. The van der Waals surface area contributed by atoms with E-state index in [-0.39, 0.29) is 0 Å². The van der Waals surface area contributed by atoms with Crippen molar-refractivity contribution < 1.29 is 0 Å². The maximum Gasteiger partial charge on any atom is 0.0552 e. The van der Waals surface area contributed by atoms with Gasteiger partial charge in [-0.2, -0.15) is 0 Å². The molecule has 1 aromatic heterocycles. The molecule has 0 amide bonds. The van der Waals surface area contributed by atoms with Gasteiger partial charge in [0.15, 0.2) is 0 Å². The number of rotatable bonds is 6. The Bertz CT molecular complexity index is 2230. The van der Waals surface area contributed by atoms with Gasteiger partial charge in [0.05, 0.1) is 11.0 Å². The smallest absolute Gasteiger partial charge is 0.0552 e. The molecule has 0 aliphatic heterocycles. The van der Waals surface area contributed by atoms with Gasteiger partial charge in [-0.1, -0.05) is 109 Å². The summed E-state index contributed by atoms with van der Waals surface area (Å²) in [6.07, 6.45) is 0. The van der Waals surface area contributed by atoms with Crippen molar-refractivity contribution >= 4 is 51.5 Å². The molecule has 3 heteroatoms. The minimum absolute atomic E-state index is 0.996. The van der Waals surface area contributed by atoms with Gasteiger partial charge in [-0.05, 0) is 89.0 Å². The number of para-hydroxylation sites is 2. The van der Waals surface area contributed by atoms with Crippen molar-refractivity contribution in [1.82, 2.24) is 4.57 Å². The molecular weight excluding hydrogens is 565 g/mol. The number of hydrogen-bond donors (Lipinski definition) is 1. The largest absolute Gasteiger partial charge is 0.311 e. The van der Waals surface area contributed by atoms with Gasteiger partial charge in [-0.25, -0.2) is 0 Å². The summed E-state index contributed by atoms with van der Waals surface area (Å²) in [6.45, 7) is 0. The van der Waals surface area contributed by atoms with Crippen LogP contribution in [0.15, 0.2) is 181 Å². The number of anilines is 3. The number of nitrogens with zero attached hydrogens (tertiary/aromatic N) is 2. The molecule has 0 saturated heterocycles. The minimum Gasteiger partial charge on any atom is -0.311 e. The summed E-state index contributed by atoms with van der Waals surface area (Å²) in [4.78, 5) is 3.30. The zero-order valence-electron chi connectivity index (χ0n) is 24.6. The summed E-state index contributed by atoms with van der Waals surface area (Å²) in [5.74, 6) is 0. The normalized spacial score (nSPS) is 11.2. The van der Waals surface area contributed by atoms with E-state index in [1.165, 1.54) is 44.1 Å². The molecule has 45 heavy (non-hydrogen) atoms. The van der Waals surface area contributed by atoms with Crippen LogP contribution >= 0.6 is 12.6 Å². The monoisotopic (exact) mass is 594 g/mol. The fraction of sp³-hybridized carbons (Fsp3) is 0. The zero-order chi connectivity index (χ0) is 30.2. The summed E-state index contributed by atoms with van der Waals surface area (Å²) in [6, 6.07) is 62.4. The van der Waals surface area contributed by atoms with Crippen LogP contribution in [0, 0.1) is 0 Å². The van der Waals surface area contributed by atoms with E-state index < -0.39 is 0 Å². The van der Waals surface area contributed by atoms with Gasteiger partial charge in [0.25, 0.3) is 0 Å². The number of thiol groups is 1. The summed E-state index contributed by atoms with van der Waals surface area (Å²) in [5, 5.41) is 2.41. The fourth-order valence-electron chi connectivity index (χ4n) is 6.34. The molecule has 0 aliphatic carbocycles. The quantitative estimate of drug-likeness (QED) is 0.188. The van der Waals surface area contributed by atoms with Crippen LogP contribution < -0.4 is 4.90 Å². The van der Waals surface area contributed by atoms with E-state index in [4.69, 9.17) is 12.6 Å². The Kier molecular flexibility index (Phi) is 6.94. The van der Waals surface area contributed by atoms with Gasteiger partial charge in [0, 0.05) is 38.4 Å². The Morgan fingerprint density at radius 1 is 0.378 bits per heavy atom. The molecule has 7 aromatic carbocycles. The van der Waals surface area contributed by atoms with Crippen molar-refractivity contribution in [2.45, 2.75) is 4.90 Å². The molecule has 0 radical (unpaired) electrons. The lowest BCUT2D eigenvalue weighted by Gasteiger charge is -2.26. The van der Waals surface area contributed by atoms with Crippen LogP contribution in [-0.2, 0) is 0 Å². The highest BCUT2D eigenvalue weighted by Gasteiger charge is 2.15. The van der Waals surface area contributed by atoms with E-state index in [9.17, 15) is 0 Å². The van der Waals surface area contributed by atoms with Crippen LogP contribution in [0.4, 0.5) is 17.1 Å². The second-order valence-corrected chi connectivity index (χ2v) is 11.7. The van der Waals surface area contributed by atoms with Crippen molar-refractivity contribution in [3.63, 3.8) is 0 Å². The molecule has 0 N–H and O–H groups in total. The topological polar surface area (TPSA) is 8.17 Å². The third kappa shape index (κ3) is 4.98. The predicted molar refractivity (Wildman–Crippen MR) is 194 cm³/mol. The van der Waals surface area contributed by atoms with Gasteiger partial charge in [0.2, 0.25) is 0 Å². The maximum atomic E-state index is 4.79. The first-order chi connectivity index (χ1) is 22.2. The summed E-state index contributed by atoms with van der Waals surface area (Å²) in [5.41, 5.74) is 11.6. The highest BCUT2D eigenvalue weighted by atomic mass is 32.1. The molecule has 2 nitrogen and oxygen atoms in total. The Morgan fingerprint density at radius 3 is 1.47 bits per heavy atom. The minimum atomic E-state index is 0.996. The number of aromatic nitrogens is 1. The summed E-state index contributed by atoms with van der Waals surface area (Å²) < 4.78 is 2.33. The van der Waals surface area contributed by atoms with Gasteiger partial charge in [-0.3, -0.25) is 0 Å². The standard InChI is InChI=1S/C42H30N2S/c45-41-17-9-16-40-42(41)38-14-7-8-15-39(38)44(40)37-28-22-33(23-29-37)32-20-26-36(27-21-32)43(34-12-5-2-6-13-34)35-24-18-31(19-25-35)30-10-3-1-4-11-30/h1-29,45H. The van der Waals surface area contributed by atoms with Gasteiger partial charge in [0.1, 0.15) is 0 Å². The van der Waals surface area contributed by atoms with Crippen molar-refractivity contribution in [3.05, 3.63) is 176 Å². The molecule has 0 unspecified atom stereocenters. The van der Waals surface area contributed by atoms with Gasteiger partial charge >= 0.3 is 0 Å². The Morgan fingerprint density at radius 2 is 0.844 bits per heavy atom. The van der Waals surface area contributed by atoms with Crippen LogP contribution in [0.25, 0.3) is 49.7 Å². The highest BCUT2D eigenvalue weighted by Crippen LogP contribution is 2.38. The van der Waals surface area contributed by atoms with E-state index in [1.54, 1.807) is 0 Å². The number of fused-ring (bicyclic) bond motifs is 3. The van der Waals surface area contributed by atoms with Crippen molar-refractivity contribution in [2.75, 3.05) is 4.90 Å². The Balaban J connectivity index is 1.12. The molecule has 0 aliphatic rings. The van der Waals surface area contributed by atoms with Crippen LogP contribution in [-0.4, -0.2) is 4.57 Å². The molecule has 0 fully saturated rings. The second-order valence-electron chi connectivity index (χ2n) is 11.2. The van der Waals surface area contributed by atoms with Crippen LogP contribution in [0.2, 0.25) is 0 Å². The average Bonchev–Trinajstić information content (AvgIpc) is 3.45. The first kappa shape index (κ1) is 27.1. The third-order valence-corrected chi connectivity index (χ3v) is 8.88. The Hall–Kier alpha value is -5.51. The van der Waals surface area contributed by atoms with E-state index >= 15 is 0 Å². The first-order valence-electron chi connectivity index (χ1n) is 15.2. The molecule has 0 atom stereocenters. The molecule has 1 heterocycles. The predicted octanol–water partition coefficient (Wildman–Crippen LogP) is 11.9. The summed E-state index contributed by atoms with van der Waals surface area (Å²) >= 11 is 4.79. The molecule has 0 saturated carbocycles.